The fraction of sp³-hybridized carbons (Fsp3) is 0.917. The molecule has 0 spiro atoms. The first-order chi connectivity index (χ1) is 6.73. The molecule has 0 aliphatic heterocycles. The summed E-state index contributed by atoms with van der Waals surface area (Å²) < 4.78 is 0. The number of nitrogens with one attached hydrogen (secondary N) is 1. The van der Waals surface area contributed by atoms with Gasteiger partial charge in [-0.25, -0.2) is 0 Å². The number of hydrogen-bond acceptors (Lipinski definition) is 2. The number of carbonyl (C=O) groups excluding carboxylic acids is 1. The van der Waals surface area contributed by atoms with E-state index in [1.54, 1.807) is 0 Å². The normalized spacial score (nSPS) is 15.9. The minimum Gasteiger partial charge on any atom is -0.356 e. The number of nitrogens with two attached hydrogens (primary N) is 1. The summed E-state index contributed by atoms with van der Waals surface area (Å²) in [7, 11) is 0. The lowest BCUT2D eigenvalue weighted by molar-refractivity contribution is -0.122. The molecule has 0 aliphatic rings. The van der Waals surface area contributed by atoms with E-state index in [9.17, 15) is 4.79 Å². The maximum atomic E-state index is 11.5. The molecule has 0 aliphatic carbocycles. The van der Waals surface area contributed by atoms with E-state index in [0.717, 1.165) is 6.42 Å². The molecule has 0 fully saturated rings. The third-order valence-corrected chi connectivity index (χ3v) is 2.89. The Kier molecular flexibility index (Phi) is 5.88. The van der Waals surface area contributed by atoms with Crippen LogP contribution in [0.1, 0.15) is 47.5 Å². The highest BCUT2D eigenvalue weighted by molar-refractivity contribution is 5.76. The Morgan fingerprint density at radius 3 is 2.27 bits per heavy atom. The largest absolute Gasteiger partial charge is 0.356 e. The van der Waals surface area contributed by atoms with Gasteiger partial charge in [0, 0.05) is 19.0 Å². The highest BCUT2D eigenvalue weighted by atomic mass is 16.1. The second-order valence-corrected chi connectivity index (χ2v) is 5.59. The molecule has 2 atom stereocenters. The highest BCUT2D eigenvalue weighted by Crippen LogP contribution is 2.27. The Morgan fingerprint density at radius 2 is 1.87 bits per heavy atom. The summed E-state index contributed by atoms with van der Waals surface area (Å²) in [5.74, 6) is 0.533. The van der Waals surface area contributed by atoms with Crippen molar-refractivity contribution in [2.45, 2.75) is 53.5 Å². The molecule has 0 radical (unpaired) electrons. The standard InChI is InChI=1S/C12H26N2O/c1-9(12(3,4)5)8-11(15)14-7-6-10(2)13/h9-10H,6-8,13H2,1-5H3,(H,14,15). The average Bonchev–Trinajstić information content (AvgIpc) is 2.01. The predicted octanol–water partition coefficient (Wildman–Crippen LogP) is 1.91. The molecule has 0 aromatic carbocycles. The molecule has 0 bridgehead atoms. The monoisotopic (exact) mass is 214 g/mol. The topological polar surface area (TPSA) is 55.1 Å². The smallest absolute Gasteiger partial charge is 0.220 e. The summed E-state index contributed by atoms with van der Waals surface area (Å²) in [5, 5.41) is 2.90. The van der Waals surface area contributed by atoms with Gasteiger partial charge < -0.3 is 11.1 Å². The van der Waals surface area contributed by atoms with Gasteiger partial charge in [0.2, 0.25) is 5.91 Å². The SMILES string of the molecule is CC(N)CCNC(=O)CC(C)C(C)(C)C. The minimum absolute atomic E-state index is 0.137. The van der Waals surface area contributed by atoms with Gasteiger partial charge in [0.15, 0.2) is 0 Å². The van der Waals surface area contributed by atoms with Gasteiger partial charge in [-0.3, -0.25) is 4.79 Å². The second-order valence-electron chi connectivity index (χ2n) is 5.59. The molecule has 2 unspecified atom stereocenters. The number of hydrogen-bond donors (Lipinski definition) is 2. The average molecular weight is 214 g/mol. The fourth-order valence-corrected chi connectivity index (χ4v) is 1.10. The van der Waals surface area contributed by atoms with Crippen molar-refractivity contribution < 1.29 is 4.79 Å². The van der Waals surface area contributed by atoms with Crippen molar-refractivity contribution in [1.82, 2.24) is 5.32 Å². The molecule has 0 heterocycles. The van der Waals surface area contributed by atoms with Crippen LogP contribution in [0.2, 0.25) is 0 Å². The second kappa shape index (κ2) is 6.11. The van der Waals surface area contributed by atoms with Gasteiger partial charge >= 0.3 is 0 Å². The lowest BCUT2D eigenvalue weighted by Crippen LogP contribution is -2.32. The minimum atomic E-state index is 0.137. The van der Waals surface area contributed by atoms with Crippen molar-refractivity contribution >= 4 is 5.91 Å². The van der Waals surface area contributed by atoms with Gasteiger partial charge in [-0.2, -0.15) is 0 Å². The molecule has 1 amide bonds. The zero-order chi connectivity index (χ0) is 12.1. The molecule has 15 heavy (non-hydrogen) atoms. The quantitative estimate of drug-likeness (QED) is 0.734. The number of amides is 1. The third-order valence-electron chi connectivity index (χ3n) is 2.89. The van der Waals surface area contributed by atoms with Crippen LogP contribution >= 0.6 is 0 Å². The van der Waals surface area contributed by atoms with Crippen molar-refractivity contribution in [3.05, 3.63) is 0 Å². The van der Waals surface area contributed by atoms with Crippen LogP contribution in [-0.2, 0) is 4.79 Å². The Balaban J connectivity index is 3.75. The van der Waals surface area contributed by atoms with Crippen molar-refractivity contribution in [2.75, 3.05) is 6.54 Å². The Labute approximate surface area is 93.8 Å². The molecular formula is C12H26N2O. The van der Waals surface area contributed by atoms with Crippen LogP contribution in [0.3, 0.4) is 0 Å². The lowest BCUT2D eigenvalue weighted by atomic mass is 9.80. The van der Waals surface area contributed by atoms with E-state index in [1.807, 2.05) is 6.92 Å². The van der Waals surface area contributed by atoms with Crippen molar-refractivity contribution in [2.24, 2.45) is 17.1 Å². The van der Waals surface area contributed by atoms with E-state index in [-0.39, 0.29) is 17.4 Å². The third kappa shape index (κ3) is 7.37. The summed E-state index contributed by atoms with van der Waals surface area (Å²) in [4.78, 5) is 11.5. The molecule has 3 N–H and O–H groups in total. The van der Waals surface area contributed by atoms with E-state index < -0.39 is 0 Å². The van der Waals surface area contributed by atoms with Gasteiger partial charge in [0.25, 0.3) is 0 Å². The van der Waals surface area contributed by atoms with Crippen molar-refractivity contribution in [1.29, 1.82) is 0 Å². The molecule has 90 valence electrons. The van der Waals surface area contributed by atoms with E-state index in [4.69, 9.17) is 5.73 Å². The first-order valence-corrected chi connectivity index (χ1v) is 5.75. The van der Waals surface area contributed by atoms with Gasteiger partial charge in [-0.15, -0.1) is 0 Å². The first kappa shape index (κ1) is 14.4. The van der Waals surface area contributed by atoms with E-state index >= 15 is 0 Å². The molecule has 3 nitrogen and oxygen atoms in total. The van der Waals surface area contributed by atoms with Crippen LogP contribution in [0, 0.1) is 11.3 Å². The molecule has 0 saturated carbocycles. The predicted molar refractivity (Wildman–Crippen MR) is 64.5 cm³/mol. The highest BCUT2D eigenvalue weighted by Gasteiger charge is 2.22. The van der Waals surface area contributed by atoms with Crippen LogP contribution in [0.5, 0.6) is 0 Å². The van der Waals surface area contributed by atoms with E-state index in [2.05, 4.69) is 33.0 Å². The zero-order valence-electron chi connectivity index (χ0n) is 10.8. The molecule has 0 aromatic heterocycles. The fourth-order valence-electron chi connectivity index (χ4n) is 1.10. The Hall–Kier alpha value is -0.570. The van der Waals surface area contributed by atoms with Crippen LogP contribution in [-0.4, -0.2) is 18.5 Å². The molecule has 0 rings (SSSR count). The molecule has 0 saturated heterocycles. The maximum absolute atomic E-state index is 11.5. The van der Waals surface area contributed by atoms with Gasteiger partial charge in [0.05, 0.1) is 0 Å². The maximum Gasteiger partial charge on any atom is 0.220 e. The summed E-state index contributed by atoms with van der Waals surface area (Å²) in [6.45, 7) is 11.2. The summed E-state index contributed by atoms with van der Waals surface area (Å²) >= 11 is 0. The molecule has 3 heteroatoms. The zero-order valence-corrected chi connectivity index (χ0v) is 10.8. The summed E-state index contributed by atoms with van der Waals surface area (Å²) in [6, 6.07) is 0.158. The van der Waals surface area contributed by atoms with Crippen molar-refractivity contribution in [3.8, 4) is 0 Å². The Bertz CT molecular complexity index is 194. The van der Waals surface area contributed by atoms with E-state index in [0.29, 0.717) is 18.9 Å². The first-order valence-electron chi connectivity index (χ1n) is 5.75. The number of carbonyl (C=O) groups is 1. The summed E-state index contributed by atoms with van der Waals surface area (Å²) in [6.07, 6.45) is 1.44. The van der Waals surface area contributed by atoms with Crippen LogP contribution in [0.25, 0.3) is 0 Å². The van der Waals surface area contributed by atoms with E-state index in [1.165, 1.54) is 0 Å². The van der Waals surface area contributed by atoms with Gasteiger partial charge in [-0.05, 0) is 24.7 Å². The number of rotatable bonds is 5. The lowest BCUT2D eigenvalue weighted by Gasteiger charge is -2.26. The van der Waals surface area contributed by atoms with Crippen molar-refractivity contribution in [3.63, 3.8) is 0 Å². The van der Waals surface area contributed by atoms with Gasteiger partial charge in [-0.1, -0.05) is 27.7 Å². The molecule has 0 aromatic rings. The Morgan fingerprint density at radius 1 is 1.33 bits per heavy atom. The molecular weight excluding hydrogens is 188 g/mol. The van der Waals surface area contributed by atoms with Crippen LogP contribution < -0.4 is 11.1 Å². The van der Waals surface area contributed by atoms with Gasteiger partial charge in [0.1, 0.15) is 0 Å². The van der Waals surface area contributed by atoms with Crippen LogP contribution in [0.15, 0.2) is 0 Å². The summed E-state index contributed by atoms with van der Waals surface area (Å²) in [5.41, 5.74) is 5.79. The van der Waals surface area contributed by atoms with Crippen LogP contribution in [0.4, 0.5) is 0 Å².